The molecule has 0 saturated carbocycles. The topological polar surface area (TPSA) is 561 Å². The van der Waals surface area contributed by atoms with Gasteiger partial charge in [0.25, 0.3) is 30.4 Å². The van der Waals surface area contributed by atoms with E-state index in [9.17, 15) is 75.8 Å². The van der Waals surface area contributed by atoms with Crippen molar-refractivity contribution in [2.75, 3.05) is 114 Å². The summed E-state index contributed by atoms with van der Waals surface area (Å²) in [6.45, 7) is 5.86. The normalized spacial score (nSPS) is 13.8. The highest BCUT2D eigenvalue weighted by Crippen LogP contribution is 2.57. The summed E-state index contributed by atoms with van der Waals surface area (Å²) in [4.78, 5) is 16.0. The molecule has 0 amide bonds. The molecular weight excluding hydrogens is 1750 g/mol. The number of benzene rings is 6. The fourth-order valence-electron chi connectivity index (χ4n) is 11.0. The van der Waals surface area contributed by atoms with Gasteiger partial charge in [-0.15, -0.1) is 0 Å². The molecule has 39 nitrogen and oxygen atoms in total. The molecule has 5 N–H and O–H groups in total. The van der Waals surface area contributed by atoms with Crippen LogP contribution in [-0.4, -0.2) is 203 Å². The van der Waals surface area contributed by atoms with Crippen LogP contribution in [0, 0.1) is 0 Å². The number of sulfone groups is 4. The fourth-order valence-corrected chi connectivity index (χ4v) is 18.8. The number of fused-ring (bicyclic) bond motifs is 8. The number of hydrogen-bond acceptors (Lipinski definition) is 36. The Bertz CT molecular complexity index is 6270. The van der Waals surface area contributed by atoms with Gasteiger partial charge in [0.1, 0.15) is 62.8 Å². The molecule has 0 atom stereocenters. The smallest absolute Gasteiger partial charge is 0.399 e. The quantitative estimate of drug-likeness (QED) is 0.0146. The molecular formula is C62H67Cl3N6O33S9. The molecule has 51 heteroatoms. The molecule has 0 aromatic heterocycles. The van der Waals surface area contributed by atoms with Crippen molar-refractivity contribution in [2.45, 2.75) is 58.6 Å². The molecule has 0 radical (unpaired) electrons. The molecule has 4 heterocycles. The van der Waals surface area contributed by atoms with E-state index in [1.165, 1.54) is 43.5 Å². The summed E-state index contributed by atoms with van der Waals surface area (Å²) < 4.78 is 311. The minimum Gasteiger partial charge on any atom is -0.451 e. The molecule has 4 aromatic carbocycles. The first-order valence-electron chi connectivity index (χ1n) is 32.2. The van der Waals surface area contributed by atoms with E-state index in [4.69, 9.17) is 89.9 Å². The van der Waals surface area contributed by atoms with Crippen molar-refractivity contribution in [2.24, 2.45) is 9.98 Å². The zero-order chi connectivity index (χ0) is 83.2. The maximum absolute atomic E-state index is 14.0. The lowest BCUT2D eigenvalue weighted by Gasteiger charge is -2.28. The second-order valence-corrected chi connectivity index (χ2v) is 39.3. The number of halogens is 3. The Morgan fingerprint density at radius 2 is 0.912 bits per heavy atom. The first-order chi connectivity index (χ1) is 52.9. The van der Waals surface area contributed by atoms with Crippen LogP contribution in [-0.2, 0) is 145 Å². The van der Waals surface area contributed by atoms with E-state index in [0.717, 1.165) is 19.6 Å². The Labute approximate surface area is 662 Å². The third kappa shape index (κ3) is 21.5. The monoisotopic (exact) mass is 1820 g/mol. The van der Waals surface area contributed by atoms with Crippen LogP contribution in [0.1, 0.15) is 36.5 Å². The standard InChI is InChI=1S/C33H40ClN3O19S5.C29H27Cl2N3O14S4/c1-4-21-26-31(56-29-22(36-26)8-7-20(6-5-12-50-2)32(29)57(38,39)17-15-54-61(48,49)51-3)25(34)27-28(21)55-30-23(37-27)9-10-24(35-11-13-52-18-59(42,43)44)33(30)58(40,41)16-14-53-19-60(45,46)47;1-4-49(35,36)28-16(7-6-13-46-52(42,43)44-3)8-9-17-24(28)47-26-20(30)23-27(21(31)22(26)33-17)48-25-18(34-23)10-11-19(29(25)50(37,38)5-2)32-12-14-45-15-51(39,40)41/h7-10,36H,4-6,11-19H2,1-3H3,(H,42,43,44)(H,45,46,47);4-5,8-11,33H,1-2,6-7,12-15H2,3H3,(H,39,40,41). The van der Waals surface area contributed by atoms with E-state index in [0.29, 0.717) is 29.6 Å². The van der Waals surface area contributed by atoms with Gasteiger partial charge in [0.15, 0.2) is 83.2 Å². The van der Waals surface area contributed by atoms with E-state index < -0.39 is 143 Å². The van der Waals surface area contributed by atoms with Gasteiger partial charge in [0.05, 0.1) is 99.6 Å². The summed E-state index contributed by atoms with van der Waals surface area (Å²) in [5.41, 5.74) is 1.02. The lowest BCUT2D eigenvalue weighted by atomic mass is 10.0. The minimum atomic E-state index is -4.60. The third-order valence-corrected chi connectivity index (χ3v) is 26.4. The Morgan fingerprint density at radius 3 is 1.42 bits per heavy atom. The van der Waals surface area contributed by atoms with Crippen molar-refractivity contribution in [1.29, 1.82) is 0 Å². The summed E-state index contributed by atoms with van der Waals surface area (Å²) in [5.74, 6) is -5.98. The fraction of sp³-hybridized carbons (Fsp3) is 0.355. The van der Waals surface area contributed by atoms with E-state index >= 15 is 0 Å². The van der Waals surface area contributed by atoms with Crippen LogP contribution in [0.4, 0.5) is 22.7 Å². The summed E-state index contributed by atoms with van der Waals surface area (Å²) in [6, 6.07) is 11.4. The zero-order valence-corrected chi connectivity index (χ0v) is 68.7. The third-order valence-electron chi connectivity index (χ3n) is 15.8. The van der Waals surface area contributed by atoms with Crippen molar-refractivity contribution >= 4 is 170 Å². The van der Waals surface area contributed by atoms with Crippen LogP contribution in [0.25, 0.3) is 45.1 Å². The second-order valence-electron chi connectivity index (χ2n) is 23.4. The van der Waals surface area contributed by atoms with Crippen LogP contribution < -0.4 is 30.8 Å². The van der Waals surface area contributed by atoms with Crippen LogP contribution in [0.2, 0.25) is 15.1 Å². The Hall–Kier alpha value is -7.22. The van der Waals surface area contributed by atoms with Gasteiger partial charge in [-0.3, -0.25) is 32.0 Å². The van der Waals surface area contributed by atoms with E-state index in [1.54, 1.807) is 19.1 Å². The van der Waals surface area contributed by atoms with Gasteiger partial charge in [-0.2, -0.15) is 42.1 Å². The molecule has 0 fully saturated rings. The number of nitrogens with zero attached hydrogens (tertiary/aromatic N) is 4. The number of aryl methyl sites for hydroxylation is 3. The lowest BCUT2D eigenvalue weighted by molar-refractivity contribution is 0.178. The molecule has 4 aliphatic heterocycles. The maximum Gasteiger partial charge on any atom is 0.399 e. The molecule has 0 unspecified atom stereocenters. The molecule has 113 heavy (non-hydrogen) atoms. The summed E-state index contributed by atoms with van der Waals surface area (Å²) in [7, 11) is -36.2. The molecule has 0 saturated heterocycles. The van der Waals surface area contributed by atoms with Gasteiger partial charge in [-0.05, 0) is 79.6 Å². The molecule has 618 valence electrons. The number of methoxy groups -OCH3 is 1. The molecule has 0 spiro atoms. The first kappa shape index (κ1) is 89.7. The summed E-state index contributed by atoms with van der Waals surface area (Å²) in [6.07, 6.45) is 0.898. The van der Waals surface area contributed by atoms with Gasteiger partial charge < -0.3 is 47.9 Å². The predicted octanol–water partition coefficient (Wildman–Crippen LogP) is 7.18. The Balaban J connectivity index is 0.000000262. The largest absolute Gasteiger partial charge is 0.451 e. The van der Waals surface area contributed by atoms with Crippen molar-refractivity contribution in [3.05, 3.63) is 115 Å². The van der Waals surface area contributed by atoms with Gasteiger partial charge in [0, 0.05) is 30.1 Å². The lowest BCUT2D eigenvalue weighted by Crippen LogP contribution is -2.24. The summed E-state index contributed by atoms with van der Waals surface area (Å²) >= 11 is 20.6. The Kier molecular flexibility index (Phi) is 28.7. The first-order valence-corrected chi connectivity index (χ1v) is 47.2. The number of aromatic nitrogens is 2. The minimum absolute atomic E-state index is 0.0217. The van der Waals surface area contributed by atoms with Crippen molar-refractivity contribution in [1.82, 2.24) is 9.97 Å². The average Bonchev–Trinajstić information content (AvgIpc) is 0.725. The predicted molar refractivity (Wildman–Crippen MR) is 404 cm³/mol. The van der Waals surface area contributed by atoms with Crippen molar-refractivity contribution < 1.29 is 143 Å². The van der Waals surface area contributed by atoms with Crippen LogP contribution in [0.3, 0.4) is 0 Å². The Morgan fingerprint density at radius 1 is 0.487 bits per heavy atom. The average molecular weight is 1820 g/mol. The van der Waals surface area contributed by atoms with Gasteiger partial charge in [0.2, 0.25) is 19.7 Å². The molecule has 4 aromatic rings. The SMILES string of the molecule is C=CS(=O)(=O)c1c(CCCOS(=O)(=O)OC)ccc2c1Oc1c(c(Cl)c3oc4c(S(=O)(=O)C=C)c(=NCCOCS(=O)(=O)O)ccc-4nc3c1Cl)N2.CCc1c2c(c(Cl)c3nc4ccc(=NCCOCS(=O)(=O)O)c(S(=O)(=O)CCOCS(=O)(=O)O)c-4oc13)Oc1c(ccc(CCCOC)c1S(=O)(=O)CCOS(=O)(=O)OC)N2. The maximum atomic E-state index is 14.0. The van der Waals surface area contributed by atoms with E-state index in [-0.39, 0.29) is 191 Å². The number of rotatable bonds is 37. The molecule has 6 aliphatic rings. The van der Waals surface area contributed by atoms with Gasteiger partial charge in [-0.1, -0.05) is 67.0 Å². The molecule has 2 aliphatic carbocycles. The highest BCUT2D eigenvalue weighted by atomic mass is 35.5. The van der Waals surface area contributed by atoms with Crippen LogP contribution >= 0.6 is 34.8 Å². The zero-order valence-electron chi connectivity index (χ0n) is 59.1. The van der Waals surface area contributed by atoms with Gasteiger partial charge in [-0.25, -0.2) is 52.0 Å². The van der Waals surface area contributed by atoms with E-state index in [1.807, 2.05) is 0 Å². The summed E-state index contributed by atoms with van der Waals surface area (Å²) in [5, 5.41) is 6.69. The molecule has 0 bridgehead atoms. The molecule has 10 rings (SSSR count). The van der Waals surface area contributed by atoms with Crippen molar-refractivity contribution in [3.63, 3.8) is 0 Å². The number of hydrogen-bond donors (Lipinski definition) is 5. The number of ether oxygens (including phenoxy) is 6. The van der Waals surface area contributed by atoms with Crippen molar-refractivity contribution in [3.8, 4) is 45.9 Å². The van der Waals surface area contributed by atoms with E-state index in [2.05, 4.69) is 56.3 Å². The van der Waals surface area contributed by atoms with Crippen LogP contribution in [0.5, 0.6) is 23.0 Å². The van der Waals surface area contributed by atoms with Gasteiger partial charge >= 0.3 is 20.8 Å². The number of anilines is 4. The van der Waals surface area contributed by atoms with Crippen LogP contribution in [0.15, 0.2) is 111 Å². The highest BCUT2D eigenvalue weighted by molar-refractivity contribution is 7.95. The second kappa shape index (κ2) is 36.1. The number of nitrogens with one attached hydrogen (secondary N) is 2. The highest BCUT2D eigenvalue weighted by Gasteiger charge is 2.38.